The van der Waals surface area contributed by atoms with E-state index in [1.54, 1.807) is 0 Å². The lowest BCUT2D eigenvalue weighted by Crippen LogP contribution is -1.97. The highest BCUT2D eigenvalue weighted by atomic mass is 79.9. The summed E-state index contributed by atoms with van der Waals surface area (Å²) in [6.45, 7) is 0.322. The second kappa shape index (κ2) is 5.97. The Morgan fingerprint density at radius 2 is 2.15 bits per heavy atom. The summed E-state index contributed by atoms with van der Waals surface area (Å²) in [6, 6.07) is 7.64. The van der Waals surface area contributed by atoms with Gasteiger partial charge in [0.05, 0.1) is 13.3 Å². The summed E-state index contributed by atoms with van der Waals surface area (Å²) < 4.78 is 18.1. The molecule has 0 N–H and O–H groups in total. The Labute approximate surface area is 86.0 Å². The maximum Gasteiger partial charge on any atom is 0.120 e. The number of unbranched alkanes of at least 4 members (excludes halogenated alkanes) is 1. The number of hydrogen-bond donors (Lipinski definition) is 0. The predicted molar refractivity (Wildman–Crippen MR) is 54.8 cm³/mol. The first kappa shape index (κ1) is 10.5. The molecule has 1 aromatic rings. The average molecular weight is 247 g/mol. The van der Waals surface area contributed by atoms with Crippen LogP contribution in [0.25, 0.3) is 0 Å². The molecule has 72 valence electrons. The first-order valence-electron chi connectivity index (χ1n) is 4.27. The highest BCUT2D eigenvalue weighted by molar-refractivity contribution is 9.10. The summed E-state index contributed by atoms with van der Waals surface area (Å²) in [6.07, 6.45) is 1.34. The van der Waals surface area contributed by atoms with E-state index in [1.807, 2.05) is 24.3 Å². The Morgan fingerprint density at radius 1 is 1.31 bits per heavy atom. The number of ether oxygens (including phenoxy) is 1. The quantitative estimate of drug-likeness (QED) is 0.722. The molecule has 0 aromatic heterocycles. The van der Waals surface area contributed by atoms with Crippen molar-refractivity contribution in [3.8, 4) is 5.75 Å². The van der Waals surface area contributed by atoms with E-state index >= 15 is 0 Å². The average Bonchev–Trinajstić information content (AvgIpc) is 2.13. The molecule has 1 aromatic carbocycles. The van der Waals surface area contributed by atoms with Crippen LogP contribution in [0.3, 0.4) is 0 Å². The molecule has 0 unspecified atom stereocenters. The van der Waals surface area contributed by atoms with Crippen molar-refractivity contribution in [3.63, 3.8) is 0 Å². The molecule has 0 saturated heterocycles. The standard InChI is InChI=1S/C10H12BrFO/c11-9-4-3-5-10(8-9)13-7-2-1-6-12/h3-5,8H,1-2,6-7H2. The summed E-state index contributed by atoms with van der Waals surface area (Å²) >= 11 is 3.34. The number of rotatable bonds is 5. The second-order valence-corrected chi connectivity index (χ2v) is 3.62. The van der Waals surface area contributed by atoms with Gasteiger partial charge in [0.15, 0.2) is 0 Å². The third-order valence-electron chi connectivity index (χ3n) is 1.59. The van der Waals surface area contributed by atoms with Crippen LogP contribution in [0, 0.1) is 0 Å². The van der Waals surface area contributed by atoms with Crippen molar-refractivity contribution in [2.45, 2.75) is 12.8 Å². The first-order valence-corrected chi connectivity index (χ1v) is 5.06. The number of alkyl halides is 1. The zero-order chi connectivity index (χ0) is 9.52. The molecule has 1 nitrogen and oxygen atoms in total. The predicted octanol–water partition coefficient (Wildman–Crippen LogP) is 3.58. The SMILES string of the molecule is FCCCCOc1cccc(Br)c1. The Bertz CT molecular complexity index is 252. The molecule has 0 spiro atoms. The van der Waals surface area contributed by atoms with Crippen LogP contribution in [0.1, 0.15) is 12.8 Å². The summed E-state index contributed by atoms with van der Waals surface area (Å²) in [5, 5.41) is 0. The van der Waals surface area contributed by atoms with Crippen LogP contribution in [0.5, 0.6) is 5.75 Å². The van der Waals surface area contributed by atoms with Crippen molar-refractivity contribution in [1.29, 1.82) is 0 Å². The minimum Gasteiger partial charge on any atom is -0.494 e. The van der Waals surface area contributed by atoms with Gasteiger partial charge in [-0.1, -0.05) is 22.0 Å². The van der Waals surface area contributed by atoms with Gasteiger partial charge in [-0.3, -0.25) is 4.39 Å². The molecular formula is C10H12BrFO. The van der Waals surface area contributed by atoms with E-state index in [1.165, 1.54) is 0 Å². The lowest BCUT2D eigenvalue weighted by molar-refractivity contribution is 0.297. The third-order valence-corrected chi connectivity index (χ3v) is 2.09. The van der Waals surface area contributed by atoms with Crippen LogP contribution < -0.4 is 4.74 Å². The highest BCUT2D eigenvalue weighted by Gasteiger charge is 1.94. The topological polar surface area (TPSA) is 9.23 Å². The molecule has 0 amide bonds. The normalized spacial score (nSPS) is 10.0. The fraction of sp³-hybridized carbons (Fsp3) is 0.400. The first-order chi connectivity index (χ1) is 6.33. The summed E-state index contributed by atoms with van der Waals surface area (Å²) in [4.78, 5) is 0. The van der Waals surface area contributed by atoms with E-state index < -0.39 is 0 Å². The van der Waals surface area contributed by atoms with E-state index in [4.69, 9.17) is 4.74 Å². The van der Waals surface area contributed by atoms with Gasteiger partial charge < -0.3 is 4.74 Å². The molecule has 0 atom stereocenters. The van der Waals surface area contributed by atoms with Gasteiger partial charge in [0, 0.05) is 4.47 Å². The van der Waals surface area contributed by atoms with Gasteiger partial charge in [0.2, 0.25) is 0 Å². The Balaban J connectivity index is 2.28. The van der Waals surface area contributed by atoms with Crippen LogP contribution >= 0.6 is 15.9 Å². The Hall–Kier alpha value is -0.570. The molecular weight excluding hydrogens is 235 g/mol. The maximum absolute atomic E-state index is 11.7. The van der Waals surface area contributed by atoms with E-state index in [0.29, 0.717) is 13.0 Å². The summed E-state index contributed by atoms with van der Waals surface area (Å²) in [5.41, 5.74) is 0. The Morgan fingerprint density at radius 3 is 2.85 bits per heavy atom. The third kappa shape index (κ3) is 4.27. The van der Waals surface area contributed by atoms with Gasteiger partial charge in [0.25, 0.3) is 0 Å². The van der Waals surface area contributed by atoms with Crippen LogP contribution in [-0.2, 0) is 0 Å². The molecule has 0 radical (unpaired) electrons. The van der Waals surface area contributed by atoms with E-state index in [2.05, 4.69) is 15.9 Å². The zero-order valence-corrected chi connectivity index (χ0v) is 8.89. The van der Waals surface area contributed by atoms with Crippen molar-refractivity contribution >= 4 is 15.9 Å². The second-order valence-electron chi connectivity index (χ2n) is 2.70. The monoisotopic (exact) mass is 246 g/mol. The fourth-order valence-electron chi connectivity index (χ4n) is 0.943. The summed E-state index contributed by atoms with van der Waals surface area (Å²) in [7, 11) is 0. The molecule has 0 bridgehead atoms. The smallest absolute Gasteiger partial charge is 0.120 e. The minimum atomic E-state index is -0.262. The number of benzene rings is 1. The summed E-state index contributed by atoms with van der Waals surface area (Å²) in [5.74, 6) is 0.827. The van der Waals surface area contributed by atoms with Crippen molar-refractivity contribution in [1.82, 2.24) is 0 Å². The van der Waals surface area contributed by atoms with Crippen LogP contribution in [-0.4, -0.2) is 13.3 Å². The molecule has 0 aliphatic heterocycles. The van der Waals surface area contributed by atoms with E-state index in [0.717, 1.165) is 16.6 Å². The molecule has 3 heteroatoms. The highest BCUT2D eigenvalue weighted by Crippen LogP contribution is 2.17. The van der Waals surface area contributed by atoms with E-state index in [-0.39, 0.29) is 6.67 Å². The van der Waals surface area contributed by atoms with Crippen molar-refractivity contribution in [2.24, 2.45) is 0 Å². The van der Waals surface area contributed by atoms with Gasteiger partial charge in [-0.25, -0.2) is 0 Å². The van der Waals surface area contributed by atoms with Gasteiger partial charge >= 0.3 is 0 Å². The van der Waals surface area contributed by atoms with Crippen LogP contribution in [0.4, 0.5) is 4.39 Å². The van der Waals surface area contributed by atoms with Crippen molar-refractivity contribution in [3.05, 3.63) is 28.7 Å². The zero-order valence-electron chi connectivity index (χ0n) is 7.30. The molecule has 0 aliphatic carbocycles. The van der Waals surface area contributed by atoms with Gasteiger partial charge in [0.1, 0.15) is 5.75 Å². The molecule has 1 rings (SSSR count). The van der Waals surface area contributed by atoms with Crippen LogP contribution in [0.2, 0.25) is 0 Å². The minimum absolute atomic E-state index is 0.262. The number of halogens is 2. The largest absolute Gasteiger partial charge is 0.494 e. The van der Waals surface area contributed by atoms with Crippen molar-refractivity contribution < 1.29 is 9.13 Å². The Kier molecular flexibility index (Phi) is 4.83. The molecule has 0 aliphatic rings. The fourth-order valence-corrected chi connectivity index (χ4v) is 1.32. The lowest BCUT2D eigenvalue weighted by Gasteiger charge is -2.04. The van der Waals surface area contributed by atoms with Gasteiger partial charge in [-0.2, -0.15) is 0 Å². The number of hydrogen-bond acceptors (Lipinski definition) is 1. The molecule has 0 heterocycles. The van der Waals surface area contributed by atoms with Gasteiger partial charge in [-0.15, -0.1) is 0 Å². The molecule has 0 saturated carbocycles. The van der Waals surface area contributed by atoms with E-state index in [9.17, 15) is 4.39 Å². The lowest BCUT2D eigenvalue weighted by atomic mass is 10.3. The maximum atomic E-state index is 11.7. The van der Waals surface area contributed by atoms with Gasteiger partial charge in [-0.05, 0) is 31.0 Å². The molecule has 13 heavy (non-hydrogen) atoms. The van der Waals surface area contributed by atoms with Crippen molar-refractivity contribution in [2.75, 3.05) is 13.3 Å². The molecule has 0 fully saturated rings. The van der Waals surface area contributed by atoms with Crippen LogP contribution in [0.15, 0.2) is 28.7 Å².